The van der Waals surface area contributed by atoms with E-state index in [0.717, 1.165) is 70.9 Å². The number of aryl methyl sites for hydroxylation is 1. The van der Waals surface area contributed by atoms with Crippen LogP contribution in [0.3, 0.4) is 0 Å². The van der Waals surface area contributed by atoms with Crippen LogP contribution in [0.1, 0.15) is 74.6 Å². The third-order valence-electron chi connectivity index (χ3n) is 8.93. The Morgan fingerprint density at radius 3 is 2.33 bits per heavy atom. The molecule has 0 atom stereocenters. The predicted molar refractivity (Wildman–Crippen MR) is 169 cm³/mol. The van der Waals surface area contributed by atoms with Crippen LogP contribution >= 0.6 is 11.3 Å². The molecule has 1 aliphatic carbocycles. The maximum absolute atomic E-state index is 12.2. The molecule has 3 fully saturated rings. The average molecular weight is 614 g/mol. The van der Waals surface area contributed by atoms with Gasteiger partial charge in [0.2, 0.25) is 11.8 Å². The highest BCUT2D eigenvalue weighted by molar-refractivity contribution is 7.89. The fourth-order valence-corrected chi connectivity index (χ4v) is 8.61. The van der Waals surface area contributed by atoms with Crippen LogP contribution in [0.4, 0.5) is 5.95 Å². The molecule has 3 aromatic rings. The zero-order chi connectivity index (χ0) is 29.3. The van der Waals surface area contributed by atoms with Gasteiger partial charge in [-0.2, -0.15) is 0 Å². The predicted octanol–water partition coefficient (Wildman–Crippen LogP) is 5.78. The van der Waals surface area contributed by atoms with Crippen molar-refractivity contribution in [3.63, 3.8) is 0 Å². The van der Waals surface area contributed by atoms with Crippen LogP contribution in [0.15, 0.2) is 12.3 Å². The molecular formula is C31H43N5O4S2. The van der Waals surface area contributed by atoms with Gasteiger partial charge in [-0.1, -0.05) is 6.42 Å². The topological polar surface area (TPSA) is 97.8 Å². The van der Waals surface area contributed by atoms with E-state index in [-0.39, 0.29) is 11.9 Å². The number of anilines is 1. The molecule has 0 amide bonds. The number of hydrogen-bond donors (Lipinski definition) is 0. The maximum atomic E-state index is 12.2. The van der Waals surface area contributed by atoms with E-state index < -0.39 is 9.84 Å². The molecule has 0 radical (unpaired) electrons. The molecule has 3 aromatic heterocycles. The van der Waals surface area contributed by atoms with Gasteiger partial charge in [0.1, 0.15) is 5.52 Å². The molecule has 0 unspecified atom stereocenters. The van der Waals surface area contributed by atoms with Gasteiger partial charge in [-0.15, -0.1) is 11.3 Å². The van der Waals surface area contributed by atoms with Crippen molar-refractivity contribution in [1.82, 2.24) is 19.9 Å². The minimum Gasteiger partial charge on any atom is -0.487 e. The number of nitrogens with zero attached hydrogens (tertiary/aromatic N) is 5. The second-order valence-corrected chi connectivity index (χ2v) is 15.6. The summed E-state index contributed by atoms with van der Waals surface area (Å²) in [4.78, 5) is 20.8. The number of rotatable bonds is 8. The van der Waals surface area contributed by atoms with Crippen LogP contribution in [0.5, 0.6) is 11.6 Å². The van der Waals surface area contributed by atoms with E-state index in [1.54, 1.807) is 17.5 Å². The molecule has 5 heterocycles. The smallest absolute Gasteiger partial charge is 0.226 e. The van der Waals surface area contributed by atoms with Crippen LogP contribution < -0.4 is 14.4 Å². The highest BCUT2D eigenvalue weighted by atomic mass is 32.2. The lowest BCUT2D eigenvalue weighted by atomic mass is 9.90. The third kappa shape index (κ3) is 6.53. The van der Waals surface area contributed by atoms with E-state index in [1.807, 2.05) is 6.07 Å². The van der Waals surface area contributed by atoms with E-state index in [0.29, 0.717) is 23.4 Å². The zero-order valence-electron chi connectivity index (χ0n) is 25.1. The number of hydrogen-bond acceptors (Lipinski definition) is 10. The van der Waals surface area contributed by atoms with E-state index >= 15 is 0 Å². The van der Waals surface area contributed by atoms with Crippen molar-refractivity contribution < 1.29 is 17.9 Å². The lowest BCUT2D eigenvalue weighted by molar-refractivity contribution is 0.0776. The number of aromatic nitrogens is 3. The van der Waals surface area contributed by atoms with Crippen molar-refractivity contribution in [2.75, 3.05) is 44.4 Å². The number of ether oxygens (including phenoxy) is 2. The summed E-state index contributed by atoms with van der Waals surface area (Å²) >= 11 is 1.64. The van der Waals surface area contributed by atoms with E-state index in [9.17, 15) is 8.42 Å². The van der Waals surface area contributed by atoms with Gasteiger partial charge in [0.15, 0.2) is 15.6 Å². The van der Waals surface area contributed by atoms with Crippen molar-refractivity contribution >= 4 is 37.3 Å². The molecule has 6 rings (SSSR count). The summed E-state index contributed by atoms with van der Waals surface area (Å²) in [6.45, 7) is 6.44. The van der Waals surface area contributed by atoms with Crippen LogP contribution in [-0.2, 0) is 15.6 Å². The first kappa shape index (κ1) is 29.6. The molecule has 228 valence electrons. The summed E-state index contributed by atoms with van der Waals surface area (Å²) in [5.74, 6) is 1.74. The summed E-state index contributed by atoms with van der Waals surface area (Å²) in [5.41, 5.74) is 2.90. The number of likely N-dealkylation sites (tertiary alicyclic amines) is 1. The van der Waals surface area contributed by atoms with Crippen molar-refractivity contribution in [2.45, 2.75) is 89.0 Å². The molecule has 2 aliphatic heterocycles. The standard InChI is InChI=1S/C31H43N5O4S2/c1-21-28(40-25-12-10-24(11-13-25)35-14-6-4-7-15-35)27-29(41-21)26(33-31(34-27)36-16-8-5-9-17-36)22-18-23(20-42(3,37)38)30(39-2)32-19-22/h18-19,24-25H,4-17,20H2,1-3H3. The Labute approximate surface area is 253 Å². The van der Waals surface area contributed by atoms with Gasteiger partial charge in [0.25, 0.3) is 0 Å². The first-order valence-corrected chi connectivity index (χ1v) is 18.3. The minimum absolute atomic E-state index is 0.151. The summed E-state index contributed by atoms with van der Waals surface area (Å²) in [7, 11) is -1.78. The van der Waals surface area contributed by atoms with E-state index in [2.05, 4.69) is 21.7 Å². The van der Waals surface area contributed by atoms with Gasteiger partial charge >= 0.3 is 0 Å². The molecule has 9 nitrogen and oxygen atoms in total. The fourth-order valence-electron chi connectivity index (χ4n) is 6.80. The normalized spacial score (nSPS) is 22.4. The number of piperidine rings is 2. The Balaban J connectivity index is 1.35. The van der Waals surface area contributed by atoms with Gasteiger partial charge in [-0.3, -0.25) is 0 Å². The van der Waals surface area contributed by atoms with Gasteiger partial charge in [-0.25, -0.2) is 23.4 Å². The average Bonchev–Trinajstić information content (AvgIpc) is 3.31. The number of thiophene rings is 1. The molecule has 1 saturated carbocycles. The summed E-state index contributed by atoms with van der Waals surface area (Å²) in [5, 5.41) is 0. The highest BCUT2D eigenvalue weighted by Crippen LogP contribution is 2.43. The molecule has 0 bridgehead atoms. The van der Waals surface area contributed by atoms with Gasteiger partial charge in [0.05, 0.1) is 29.4 Å². The first-order valence-electron chi connectivity index (χ1n) is 15.5. The van der Waals surface area contributed by atoms with Crippen molar-refractivity contribution in [1.29, 1.82) is 0 Å². The molecule has 11 heteroatoms. The second-order valence-electron chi connectivity index (χ2n) is 12.2. The minimum atomic E-state index is -3.29. The van der Waals surface area contributed by atoms with Crippen LogP contribution in [0, 0.1) is 6.92 Å². The first-order chi connectivity index (χ1) is 20.3. The largest absolute Gasteiger partial charge is 0.487 e. The van der Waals surface area contributed by atoms with Crippen molar-refractivity contribution in [2.24, 2.45) is 0 Å². The molecule has 0 aromatic carbocycles. The highest BCUT2D eigenvalue weighted by Gasteiger charge is 2.30. The van der Waals surface area contributed by atoms with Crippen LogP contribution in [-0.4, -0.2) is 80.0 Å². The lowest BCUT2D eigenvalue weighted by Crippen LogP contribution is -2.42. The Morgan fingerprint density at radius 1 is 0.976 bits per heavy atom. The number of methoxy groups -OCH3 is 1. The molecular weight excluding hydrogens is 571 g/mol. The Hall–Kier alpha value is -2.50. The molecule has 0 N–H and O–H groups in total. The van der Waals surface area contributed by atoms with Gasteiger partial charge in [-0.05, 0) is 83.9 Å². The Morgan fingerprint density at radius 2 is 1.67 bits per heavy atom. The number of pyridine rings is 1. The summed E-state index contributed by atoms with van der Waals surface area (Å²) in [6, 6.07) is 2.54. The molecule has 3 aliphatic rings. The quantitative estimate of drug-likeness (QED) is 0.313. The van der Waals surface area contributed by atoms with E-state index in [1.165, 1.54) is 65.0 Å². The Kier molecular flexibility index (Phi) is 8.88. The molecule has 0 spiro atoms. The zero-order valence-corrected chi connectivity index (χ0v) is 26.7. The molecule has 2 saturated heterocycles. The fraction of sp³-hybridized carbons (Fsp3) is 0.645. The second kappa shape index (κ2) is 12.6. The van der Waals surface area contributed by atoms with Crippen molar-refractivity contribution in [3.05, 3.63) is 22.7 Å². The van der Waals surface area contributed by atoms with Gasteiger partial charge in [0, 0.05) is 47.6 Å². The van der Waals surface area contributed by atoms with E-state index in [4.69, 9.17) is 19.4 Å². The van der Waals surface area contributed by atoms with Gasteiger partial charge < -0.3 is 19.3 Å². The Bertz CT molecular complexity index is 1510. The van der Waals surface area contributed by atoms with Crippen LogP contribution in [0.25, 0.3) is 21.5 Å². The lowest BCUT2D eigenvalue weighted by Gasteiger charge is -2.38. The van der Waals surface area contributed by atoms with Crippen LogP contribution in [0.2, 0.25) is 0 Å². The maximum Gasteiger partial charge on any atom is 0.226 e. The van der Waals surface area contributed by atoms with Crippen molar-refractivity contribution in [3.8, 4) is 22.9 Å². The molecule has 42 heavy (non-hydrogen) atoms. The monoisotopic (exact) mass is 613 g/mol. The summed E-state index contributed by atoms with van der Waals surface area (Å²) < 4.78 is 37.6. The SMILES string of the molecule is COc1ncc(-c2nc(N3CCCCC3)nc3c(OC4CCC(N5CCCCC5)CC4)c(C)sc23)cc1CS(C)(=O)=O. The summed E-state index contributed by atoms with van der Waals surface area (Å²) in [6.07, 6.45) is 15.1. The third-order valence-corrected chi connectivity index (χ3v) is 10.8. The number of sulfone groups is 1. The number of fused-ring (bicyclic) bond motifs is 1.